The van der Waals surface area contributed by atoms with Crippen molar-refractivity contribution in [3.05, 3.63) is 39.8 Å². The van der Waals surface area contributed by atoms with Crippen molar-refractivity contribution in [2.24, 2.45) is 5.73 Å². The lowest BCUT2D eigenvalue weighted by Crippen LogP contribution is -2.16. The van der Waals surface area contributed by atoms with Crippen LogP contribution in [0.1, 0.15) is 23.2 Å². The van der Waals surface area contributed by atoms with Crippen molar-refractivity contribution in [3.8, 4) is 5.82 Å². The fourth-order valence-electron chi connectivity index (χ4n) is 2.23. The van der Waals surface area contributed by atoms with Crippen molar-refractivity contribution in [1.82, 2.24) is 14.8 Å². The average molecular weight is 323 g/mol. The van der Waals surface area contributed by atoms with Crippen molar-refractivity contribution >= 4 is 33.1 Å². The van der Waals surface area contributed by atoms with E-state index in [2.05, 4.69) is 32.1 Å². The predicted octanol–water partition coefficient (Wildman–Crippen LogP) is 2.15. The van der Waals surface area contributed by atoms with Gasteiger partial charge in [-0.25, -0.2) is 9.67 Å². The molecule has 6 heteroatoms. The van der Waals surface area contributed by atoms with Crippen molar-refractivity contribution in [2.75, 3.05) is 0 Å². The Kier molecular flexibility index (Phi) is 2.91. The van der Waals surface area contributed by atoms with E-state index in [1.165, 1.54) is 5.56 Å². The number of aryl methyl sites for hydroxylation is 2. The largest absolute Gasteiger partial charge is 0.389 e. The molecule has 4 nitrogen and oxygen atoms in total. The molecule has 0 spiro atoms. The second-order valence-corrected chi connectivity index (χ2v) is 5.64. The van der Waals surface area contributed by atoms with Gasteiger partial charge in [0, 0.05) is 11.9 Å². The van der Waals surface area contributed by atoms with E-state index < -0.39 is 0 Å². The van der Waals surface area contributed by atoms with Crippen LogP contribution in [0.4, 0.5) is 0 Å². The molecular weight excluding hydrogens is 312 g/mol. The van der Waals surface area contributed by atoms with Crippen molar-refractivity contribution in [1.29, 1.82) is 0 Å². The first-order chi connectivity index (χ1) is 8.65. The Morgan fingerprint density at radius 3 is 2.94 bits per heavy atom. The van der Waals surface area contributed by atoms with Crippen LogP contribution in [0.2, 0.25) is 0 Å². The van der Waals surface area contributed by atoms with Gasteiger partial charge in [-0.3, -0.25) is 0 Å². The van der Waals surface area contributed by atoms with E-state index in [1.54, 1.807) is 10.9 Å². The molecule has 92 valence electrons. The summed E-state index contributed by atoms with van der Waals surface area (Å²) < 4.78 is 2.61. The summed E-state index contributed by atoms with van der Waals surface area (Å²) in [6, 6.07) is 2.06. The van der Waals surface area contributed by atoms with Gasteiger partial charge < -0.3 is 5.73 Å². The molecule has 0 radical (unpaired) electrons. The van der Waals surface area contributed by atoms with Gasteiger partial charge in [0.25, 0.3) is 0 Å². The zero-order chi connectivity index (χ0) is 12.7. The molecule has 2 aromatic rings. The van der Waals surface area contributed by atoms with Gasteiger partial charge >= 0.3 is 0 Å². The van der Waals surface area contributed by atoms with Crippen molar-refractivity contribution < 1.29 is 0 Å². The molecule has 2 aromatic heterocycles. The molecule has 0 bridgehead atoms. The topological polar surface area (TPSA) is 56.7 Å². The van der Waals surface area contributed by atoms with E-state index in [0.29, 0.717) is 10.8 Å². The highest BCUT2D eigenvalue weighted by atomic mass is 79.9. The maximum atomic E-state index is 5.79. The van der Waals surface area contributed by atoms with Gasteiger partial charge in [0.1, 0.15) is 4.99 Å². The smallest absolute Gasteiger partial charge is 0.163 e. The Hall–Kier alpha value is -1.27. The third-order valence-corrected chi connectivity index (χ3v) is 3.69. The van der Waals surface area contributed by atoms with Crippen LogP contribution < -0.4 is 5.73 Å². The Morgan fingerprint density at radius 2 is 2.28 bits per heavy atom. The molecule has 0 unspecified atom stereocenters. The minimum atomic E-state index is 0.360. The molecule has 1 aliphatic carbocycles. The van der Waals surface area contributed by atoms with E-state index in [1.807, 2.05) is 6.20 Å². The van der Waals surface area contributed by atoms with Gasteiger partial charge in [-0.1, -0.05) is 12.2 Å². The van der Waals surface area contributed by atoms with E-state index in [9.17, 15) is 0 Å². The summed E-state index contributed by atoms with van der Waals surface area (Å²) in [5.41, 5.74) is 8.98. The standard InChI is InChI=1S/C12H11BrN4S/c13-8-5-15-17(6-8)12-9(11(14)18)4-7-2-1-3-10(7)16-12/h4-6H,1-3H2,(H2,14,18). The first-order valence-electron chi connectivity index (χ1n) is 5.68. The zero-order valence-electron chi connectivity index (χ0n) is 9.56. The second kappa shape index (κ2) is 4.44. The lowest BCUT2D eigenvalue weighted by atomic mass is 10.1. The summed E-state index contributed by atoms with van der Waals surface area (Å²) in [6.45, 7) is 0. The third-order valence-electron chi connectivity index (χ3n) is 3.06. The summed E-state index contributed by atoms with van der Waals surface area (Å²) in [6.07, 6.45) is 6.79. The SMILES string of the molecule is NC(=S)c1cc2c(nc1-n1cc(Br)cn1)CCC2. The predicted molar refractivity (Wildman–Crippen MR) is 77.0 cm³/mol. The normalized spacial score (nSPS) is 13.6. The molecule has 0 amide bonds. The van der Waals surface area contributed by atoms with Gasteiger partial charge in [0.15, 0.2) is 5.82 Å². The number of nitrogens with zero attached hydrogens (tertiary/aromatic N) is 3. The second-order valence-electron chi connectivity index (χ2n) is 4.29. The van der Waals surface area contributed by atoms with Crippen LogP contribution in [-0.2, 0) is 12.8 Å². The number of hydrogen-bond acceptors (Lipinski definition) is 3. The number of hydrogen-bond donors (Lipinski definition) is 1. The molecule has 1 aliphatic rings. The Bertz CT molecular complexity index is 635. The maximum absolute atomic E-state index is 5.79. The van der Waals surface area contributed by atoms with Gasteiger partial charge in [0.2, 0.25) is 0 Å². The minimum absolute atomic E-state index is 0.360. The fraction of sp³-hybridized carbons (Fsp3) is 0.250. The summed E-state index contributed by atoms with van der Waals surface area (Å²) in [4.78, 5) is 5.03. The lowest BCUT2D eigenvalue weighted by molar-refractivity contribution is 0.829. The van der Waals surface area contributed by atoms with E-state index >= 15 is 0 Å². The highest BCUT2D eigenvalue weighted by molar-refractivity contribution is 9.10. The Morgan fingerprint density at radius 1 is 1.44 bits per heavy atom. The number of pyridine rings is 1. The van der Waals surface area contributed by atoms with Crippen LogP contribution in [0.25, 0.3) is 5.82 Å². The molecule has 0 saturated heterocycles. The molecule has 0 aromatic carbocycles. The first kappa shape index (κ1) is 11.8. The number of nitrogens with two attached hydrogens (primary N) is 1. The average Bonchev–Trinajstić information content (AvgIpc) is 2.94. The number of thiocarbonyl (C=S) groups is 1. The van der Waals surface area contributed by atoms with Crippen LogP contribution in [-0.4, -0.2) is 19.8 Å². The molecule has 0 atom stereocenters. The summed E-state index contributed by atoms with van der Waals surface area (Å²) in [5.74, 6) is 0.717. The van der Waals surface area contributed by atoms with E-state index in [-0.39, 0.29) is 0 Å². The number of rotatable bonds is 2. The van der Waals surface area contributed by atoms with E-state index in [0.717, 1.165) is 35.0 Å². The van der Waals surface area contributed by atoms with Crippen molar-refractivity contribution in [3.63, 3.8) is 0 Å². The number of halogens is 1. The monoisotopic (exact) mass is 322 g/mol. The molecule has 18 heavy (non-hydrogen) atoms. The molecule has 2 N–H and O–H groups in total. The fourth-order valence-corrected chi connectivity index (χ4v) is 2.67. The van der Waals surface area contributed by atoms with Crippen LogP contribution in [0.3, 0.4) is 0 Å². The first-order valence-corrected chi connectivity index (χ1v) is 6.88. The van der Waals surface area contributed by atoms with Crippen LogP contribution in [0.5, 0.6) is 0 Å². The minimum Gasteiger partial charge on any atom is -0.389 e. The number of aromatic nitrogens is 3. The van der Waals surface area contributed by atoms with Gasteiger partial charge in [-0.15, -0.1) is 0 Å². The summed E-state index contributed by atoms with van der Waals surface area (Å²) >= 11 is 8.49. The highest BCUT2D eigenvalue weighted by Gasteiger charge is 2.19. The summed E-state index contributed by atoms with van der Waals surface area (Å²) in [5, 5.41) is 4.25. The van der Waals surface area contributed by atoms with Crippen LogP contribution >= 0.6 is 28.1 Å². The zero-order valence-corrected chi connectivity index (χ0v) is 12.0. The molecule has 0 fully saturated rings. The van der Waals surface area contributed by atoms with Crippen molar-refractivity contribution in [2.45, 2.75) is 19.3 Å². The molecule has 0 saturated carbocycles. The highest BCUT2D eigenvalue weighted by Crippen LogP contribution is 2.25. The number of fused-ring (bicyclic) bond motifs is 1. The lowest BCUT2D eigenvalue weighted by Gasteiger charge is -2.10. The molecular formula is C12H11BrN4S. The van der Waals surface area contributed by atoms with Gasteiger partial charge in [-0.2, -0.15) is 5.10 Å². The quantitative estimate of drug-likeness (QED) is 0.861. The molecule has 2 heterocycles. The molecule has 3 rings (SSSR count). The summed E-state index contributed by atoms with van der Waals surface area (Å²) in [7, 11) is 0. The maximum Gasteiger partial charge on any atom is 0.163 e. The van der Waals surface area contributed by atoms with Gasteiger partial charge in [0.05, 0.1) is 16.2 Å². The van der Waals surface area contributed by atoms with Crippen LogP contribution in [0, 0.1) is 0 Å². The Balaban J connectivity index is 2.21. The Labute approximate surface area is 118 Å². The van der Waals surface area contributed by atoms with Crippen LogP contribution in [0.15, 0.2) is 22.9 Å². The third kappa shape index (κ3) is 1.95. The van der Waals surface area contributed by atoms with Gasteiger partial charge in [-0.05, 0) is 46.8 Å². The van der Waals surface area contributed by atoms with E-state index in [4.69, 9.17) is 18.0 Å². The molecule has 0 aliphatic heterocycles.